The molecule has 4 aromatic rings. The summed E-state index contributed by atoms with van der Waals surface area (Å²) in [7, 11) is -3.33. The summed E-state index contributed by atoms with van der Waals surface area (Å²) >= 11 is 1.21. The zero-order chi connectivity index (χ0) is 22.0. The van der Waals surface area contributed by atoms with Crippen LogP contribution in [0.25, 0.3) is 22.6 Å². The lowest BCUT2D eigenvalue weighted by Gasteiger charge is -2.03. The number of hydrogen-bond donors (Lipinski definition) is 1. The number of amides is 1. The average Bonchev–Trinajstić information content (AvgIpc) is 3.43. The van der Waals surface area contributed by atoms with Gasteiger partial charge in [-0.15, -0.1) is 11.3 Å². The Labute approximate surface area is 180 Å². The van der Waals surface area contributed by atoms with Crippen LogP contribution in [-0.4, -0.2) is 35.7 Å². The Kier molecular flexibility index (Phi) is 5.33. The van der Waals surface area contributed by atoms with Gasteiger partial charge in [-0.25, -0.2) is 18.4 Å². The largest absolute Gasteiger partial charge is 0.363 e. The van der Waals surface area contributed by atoms with Crippen molar-refractivity contribution >= 4 is 32.2 Å². The van der Waals surface area contributed by atoms with Gasteiger partial charge in [0.25, 0.3) is 5.91 Å². The Morgan fingerprint density at radius 2 is 1.90 bits per heavy atom. The van der Waals surface area contributed by atoms with E-state index >= 15 is 0 Å². The fourth-order valence-electron chi connectivity index (χ4n) is 2.72. The molecule has 3 aromatic heterocycles. The SMILES string of the molecule is CS(=O)(=O)c1ccc(-c2nocc2C(=O)Nc2nc(-c3cccc(C#N)n3)cs2)cc1. The van der Waals surface area contributed by atoms with E-state index in [1.165, 1.54) is 29.7 Å². The van der Waals surface area contributed by atoms with Gasteiger partial charge in [-0.3, -0.25) is 10.1 Å². The van der Waals surface area contributed by atoms with Crippen molar-refractivity contribution in [2.45, 2.75) is 4.90 Å². The van der Waals surface area contributed by atoms with Gasteiger partial charge in [-0.1, -0.05) is 23.4 Å². The number of anilines is 1. The second kappa shape index (κ2) is 8.10. The number of benzene rings is 1. The monoisotopic (exact) mass is 451 g/mol. The minimum atomic E-state index is -3.33. The van der Waals surface area contributed by atoms with Crippen LogP contribution >= 0.6 is 11.3 Å². The second-order valence-electron chi connectivity index (χ2n) is 6.39. The lowest BCUT2D eigenvalue weighted by atomic mass is 10.1. The Hall–Kier alpha value is -3.88. The normalized spacial score (nSPS) is 11.1. The molecule has 0 saturated heterocycles. The highest BCUT2D eigenvalue weighted by Gasteiger charge is 2.20. The zero-order valence-electron chi connectivity index (χ0n) is 15.9. The summed E-state index contributed by atoms with van der Waals surface area (Å²) in [4.78, 5) is 21.4. The molecule has 0 spiro atoms. The van der Waals surface area contributed by atoms with Crippen LogP contribution in [0.15, 0.2) is 63.5 Å². The predicted octanol–water partition coefficient (Wildman–Crippen LogP) is 3.39. The van der Waals surface area contributed by atoms with Gasteiger partial charge in [0.15, 0.2) is 15.0 Å². The molecule has 0 aliphatic heterocycles. The molecular formula is C20H13N5O4S2. The van der Waals surface area contributed by atoms with Gasteiger partial charge >= 0.3 is 0 Å². The molecular weight excluding hydrogens is 438 g/mol. The van der Waals surface area contributed by atoms with Crippen LogP contribution in [0.5, 0.6) is 0 Å². The first kappa shape index (κ1) is 20.4. The van der Waals surface area contributed by atoms with Crippen LogP contribution in [0.1, 0.15) is 16.1 Å². The van der Waals surface area contributed by atoms with E-state index in [4.69, 9.17) is 9.78 Å². The van der Waals surface area contributed by atoms with Gasteiger partial charge in [0.05, 0.1) is 10.6 Å². The zero-order valence-corrected chi connectivity index (χ0v) is 17.6. The Bertz CT molecular complexity index is 1420. The summed E-state index contributed by atoms with van der Waals surface area (Å²) < 4.78 is 28.2. The molecule has 1 aromatic carbocycles. The average molecular weight is 451 g/mol. The molecule has 0 unspecified atom stereocenters. The van der Waals surface area contributed by atoms with Crippen LogP contribution in [-0.2, 0) is 9.84 Å². The minimum Gasteiger partial charge on any atom is -0.363 e. The fourth-order valence-corrected chi connectivity index (χ4v) is 4.05. The fraction of sp³-hybridized carbons (Fsp3) is 0.0500. The van der Waals surface area contributed by atoms with E-state index in [-0.39, 0.29) is 21.8 Å². The van der Waals surface area contributed by atoms with Gasteiger partial charge in [0.1, 0.15) is 35.0 Å². The number of carbonyl (C=O) groups is 1. The third-order valence-corrected chi connectivity index (χ3v) is 6.11. The maximum Gasteiger partial charge on any atom is 0.263 e. The quantitative estimate of drug-likeness (QED) is 0.487. The molecule has 4 rings (SSSR count). The molecule has 0 fully saturated rings. The molecule has 11 heteroatoms. The van der Waals surface area contributed by atoms with Crippen molar-refractivity contribution in [2.75, 3.05) is 11.6 Å². The third kappa shape index (κ3) is 4.35. The molecule has 31 heavy (non-hydrogen) atoms. The van der Waals surface area contributed by atoms with Gasteiger partial charge < -0.3 is 4.52 Å². The number of nitrogens with zero attached hydrogens (tertiary/aromatic N) is 4. The number of sulfone groups is 1. The Morgan fingerprint density at radius 3 is 2.61 bits per heavy atom. The standard InChI is InChI=1S/C20H13N5O4S2/c1-31(27,28)14-7-5-12(6-8-14)18-15(10-29-25-18)19(26)24-20-23-17(11-30-20)16-4-2-3-13(9-21)22-16/h2-8,10-11H,1H3,(H,23,24,26). The van der Waals surface area contributed by atoms with Crippen molar-refractivity contribution in [3.63, 3.8) is 0 Å². The van der Waals surface area contributed by atoms with Crippen molar-refractivity contribution in [3.8, 4) is 28.7 Å². The van der Waals surface area contributed by atoms with E-state index in [1.54, 1.807) is 35.7 Å². The van der Waals surface area contributed by atoms with Crippen LogP contribution in [0.4, 0.5) is 5.13 Å². The second-order valence-corrected chi connectivity index (χ2v) is 9.26. The number of pyridine rings is 1. The van der Waals surface area contributed by atoms with E-state index in [1.807, 2.05) is 6.07 Å². The number of hydrogen-bond acceptors (Lipinski definition) is 9. The van der Waals surface area contributed by atoms with Crippen LogP contribution < -0.4 is 5.32 Å². The Balaban J connectivity index is 1.55. The van der Waals surface area contributed by atoms with E-state index in [2.05, 4.69) is 20.4 Å². The van der Waals surface area contributed by atoms with Crippen LogP contribution in [0, 0.1) is 11.3 Å². The smallest absolute Gasteiger partial charge is 0.263 e. The Morgan fingerprint density at radius 1 is 1.13 bits per heavy atom. The molecule has 0 radical (unpaired) electrons. The minimum absolute atomic E-state index is 0.162. The van der Waals surface area contributed by atoms with Gasteiger partial charge in [-0.05, 0) is 24.3 Å². The van der Waals surface area contributed by atoms with Gasteiger partial charge in [0, 0.05) is 17.2 Å². The molecule has 0 bridgehead atoms. The first-order chi connectivity index (χ1) is 14.8. The van der Waals surface area contributed by atoms with Gasteiger partial charge in [-0.2, -0.15) is 5.26 Å². The van der Waals surface area contributed by atoms with Crippen molar-refractivity contribution in [1.82, 2.24) is 15.1 Å². The first-order valence-corrected chi connectivity index (χ1v) is 11.5. The number of thiazole rings is 1. The van der Waals surface area contributed by atoms with Gasteiger partial charge in [0.2, 0.25) is 0 Å². The summed E-state index contributed by atoms with van der Waals surface area (Å²) in [6, 6.07) is 13.0. The van der Waals surface area contributed by atoms with Crippen molar-refractivity contribution in [1.29, 1.82) is 5.26 Å². The molecule has 9 nitrogen and oxygen atoms in total. The number of rotatable bonds is 5. The summed E-state index contributed by atoms with van der Waals surface area (Å²) in [5.74, 6) is -0.483. The van der Waals surface area contributed by atoms with E-state index in [9.17, 15) is 13.2 Å². The van der Waals surface area contributed by atoms with Crippen LogP contribution in [0.3, 0.4) is 0 Å². The summed E-state index contributed by atoms with van der Waals surface area (Å²) in [6.45, 7) is 0. The molecule has 3 heterocycles. The third-order valence-electron chi connectivity index (χ3n) is 4.22. The van der Waals surface area contributed by atoms with E-state index in [0.717, 1.165) is 6.26 Å². The summed E-state index contributed by atoms with van der Waals surface area (Å²) in [6.07, 6.45) is 2.33. The van der Waals surface area contributed by atoms with Crippen LogP contribution in [0.2, 0.25) is 0 Å². The summed E-state index contributed by atoms with van der Waals surface area (Å²) in [5.41, 5.74) is 2.30. The molecule has 0 atom stereocenters. The molecule has 0 saturated carbocycles. The number of nitriles is 1. The number of nitrogens with one attached hydrogen (secondary N) is 1. The topological polar surface area (TPSA) is 139 Å². The molecule has 154 valence electrons. The van der Waals surface area contributed by atoms with Crippen molar-refractivity contribution < 1.29 is 17.7 Å². The molecule has 1 N–H and O–H groups in total. The molecule has 0 aliphatic carbocycles. The summed E-state index contributed by atoms with van der Waals surface area (Å²) in [5, 5.41) is 17.6. The predicted molar refractivity (Wildman–Crippen MR) is 113 cm³/mol. The first-order valence-electron chi connectivity index (χ1n) is 8.74. The van der Waals surface area contributed by atoms with Crippen molar-refractivity contribution in [3.05, 3.63) is 65.4 Å². The van der Waals surface area contributed by atoms with E-state index in [0.29, 0.717) is 22.1 Å². The maximum absolute atomic E-state index is 12.7. The number of carbonyl (C=O) groups excluding carboxylic acids is 1. The van der Waals surface area contributed by atoms with Crippen molar-refractivity contribution in [2.24, 2.45) is 0 Å². The lowest BCUT2D eigenvalue weighted by Crippen LogP contribution is -2.12. The highest BCUT2D eigenvalue weighted by Crippen LogP contribution is 2.27. The van der Waals surface area contributed by atoms with E-state index < -0.39 is 15.7 Å². The molecule has 0 aliphatic rings. The lowest BCUT2D eigenvalue weighted by molar-refractivity contribution is 0.102. The highest BCUT2D eigenvalue weighted by atomic mass is 32.2. The number of aromatic nitrogens is 3. The maximum atomic E-state index is 12.7. The highest BCUT2D eigenvalue weighted by molar-refractivity contribution is 7.90. The molecule has 1 amide bonds.